The van der Waals surface area contributed by atoms with Crippen LogP contribution in [0.1, 0.15) is 20.8 Å². The molecule has 2 N–H and O–H groups in total. The molecule has 2 aromatic rings. The molecule has 0 amide bonds. The van der Waals surface area contributed by atoms with Crippen LogP contribution in [-0.4, -0.2) is 46.4 Å². The van der Waals surface area contributed by atoms with Crippen LogP contribution in [-0.2, 0) is 10.0 Å². The lowest BCUT2D eigenvalue weighted by atomic mass is 10.2. The van der Waals surface area contributed by atoms with Gasteiger partial charge in [0.05, 0.1) is 4.90 Å². The van der Waals surface area contributed by atoms with Crippen LogP contribution in [0.15, 0.2) is 46.5 Å². The van der Waals surface area contributed by atoms with Gasteiger partial charge in [0.2, 0.25) is 15.2 Å². The lowest BCUT2D eigenvalue weighted by Crippen LogP contribution is -2.30. The Morgan fingerprint density at radius 2 is 2.00 bits per heavy atom. The molecule has 136 valence electrons. The second-order valence-electron chi connectivity index (χ2n) is 5.54. The molecule has 0 aliphatic carbocycles. The van der Waals surface area contributed by atoms with Gasteiger partial charge in [0.15, 0.2) is 5.82 Å². The quantitative estimate of drug-likeness (QED) is 0.428. The number of rotatable bonds is 8. The zero-order valence-corrected chi connectivity index (χ0v) is 16.3. The summed E-state index contributed by atoms with van der Waals surface area (Å²) in [6, 6.07) is 6.60. The number of aromatic nitrogens is 3. The summed E-state index contributed by atoms with van der Waals surface area (Å²) in [7, 11) is -3.54. The van der Waals surface area contributed by atoms with Gasteiger partial charge in [-0.05, 0) is 19.1 Å². The SMILES string of the molecule is C=C(C)CSc1nnc(-c2cccc(S(=O)(=O)N(CC)CC)c2)n1N. The van der Waals surface area contributed by atoms with Gasteiger partial charge in [0.25, 0.3) is 0 Å². The van der Waals surface area contributed by atoms with E-state index in [0.717, 1.165) is 5.57 Å². The number of nitrogens with two attached hydrogens (primary N) is 1. The first-order chi connectivity index (χ1) is 11.8. The highest BCUT2D eigenvalue weighted by molar-refractivity contribution is 7.99. The second-order valence-corrected chi connectivity index (χ2v) is 8.42. The maximum atomic E-state index is 12.7. The number of sulfonamides is 1. The Kier molecular flexibility index (Phi) is 6.26. The van der Waals surface area contributed by atoms with Crippen LogP contribution in [0, 0.1) is 0 Å². The standard InChI is InChI=1S/C16H23N5O2S2/c1-5-20(6-2)25(22,23)14-9-7-8-13(10-14)15-18-19-16(21(15)17)24-11-12(3)4/h7-10H,3,5-6,11,17H2,1-2,4H3. The van der Waals surface area contributed by atoms with Gasteiger partial charge in [0, 0.05) is 24.4 Å². The zero-order chi connectivity index (χ0) is 18.6. The van der Waals surface area contributed by atoms with Gasteiger partial charge in [-0.25, -0.2) is 13.1 Å². The Bertz CT molecular complexity index is 857. The Morgan fingerprint density at radius 1 is 1.32 bits per heavy atom. The highest BCUT2D eigenvalue weighted by Crippen LogP contribution is 2.25. The molecule has 2 rings (SSSR count). The molecule has 0 aliphatic heterocycles. The first-order valence-corrected chi connectivity index (χ1v) is 10.3. The lowest BCUT2D eigenvalue weighted by molar-refractivity contribution is 0.445. The van der Waals surface area contributed by atoms with E-state index in [0.29, 0.717) is 35.4 Å². The molecule has 0 spiro atoms. The van der Waals surface area contributed by atoms with Gasteiger partial charge < -0.3 is 5.84 Å². The van der Waals surface area contributed by atoms with E-state index in [4.69, 9.17) is 5.84 Å². The summed E-state index contributed by atoms with van der Waals surface area (Å²) in [5, 5.41) is 8.73. The molecular formula is C16H23N5O2S2. The van der Waals surface area contributed by atoms with Gasteiger partial charge >= 0.3 is 0 Å². The summed E-state index contributed by atoms with van der Waals surface area (Å²) in [5.74, 6) is 7.18. The Hall–Kier alpha value is -1.84. The Balaban J connectivity index is 2.38. The maximum absolute atomic E-state index is 12.7. The summed E-state index contributed by atoms with van der Waals surface area (Å²) < 4.78 is 28.1. The lowest BCUT2D eigenvalue weighted by Gasteiger charge is -2.18. The highest BCUT2D eigenvalue weighted by Gasteiger charge is 2.22. The van der Waals surface area contributed by atoms with E-state index in [1.165, 1.54) is 20.7 Å². The van der Waals surface area contributed by atoms with Gasteiger partial charge in [-0.3, -0.25) is 0 Å². The fourth-order valence-corrected chi connectivity index (χ4v) is 4.47. The first-order valence-electron chi connectivity index (χ1n) is 7.89. The third kappa shape index (κ3) is 4.23. The first kappa shape index (κ1) is 19.5. The van der Waals surface area contributed by atoms with Crippen LogP contribution in [0.5, 0.6) is 0 Å². The molecule has 0 unspecified atom stereocenters. The normalized spacial score (nSPS) is 11.8. The molecule has 0 aliphatic rings. The van der Waals surface area contributed by atoms with Crippen LogP contribution in [0.4, 0.5) is 0 Å². The third-order valence-corrected chi connectivity index (χ3v) is 6.77. The van der Waals surface area contributed by atoms with Crippen molar-refractivity contribution in [2.75, 3.05) is 24.7 Å². The molecule has 0 saturated heterocycles. The molecule has 1 heterocycles. The molecule has 9 heteroatoms. The van der Waals surface area contributed by atoms with E-state index in [1.54, 1.807) is 24.3 Å². The average Bonchev–Trinajstić information content (AvgIpc) is 2.94. The molecule has 25 heavy (non-hydrogen) atoms. The van der Waals surface area contributed by atoms with Crippen molar-refractivity contribution in [1.82, 2.24) is 19.2 Å². The Morgan fingerprint density at radius 3 is 2.60 bits per heavy atom. The largest absolute Gasteiger partial charge is 0.335 e. The van der Waals surface area contributed by atoms with Crippen LogP contribution in [0.3, 0.4) is 0 Å². The molecule has 0 fully saturated rings. The minimum absolute atomic E-state index is 0.216. The van der Waals surface area contributed by atoms with Gasteiger partial charge in [-0.1, -0.05) is 49.9 Å². The summed E-state index contributed by atoms with van der Waals surface area (Å²) in [6.45, 7) is 10.2. The molecule has 0 atom stereocenters. The maximum Gasteiger partial charge on any atom is 0.243 e. The van der Waals surface area contributed by atoms with Crippen molar-refractivity contribution in [3.63, 3.8) is 0 Å². The predicted octanol–water partition coefficient (Wildman–Crippen LogP) is 2.36. The molecule has 0 radical (unpaired) electrons. The van der Waals surface area contributed by atoms with Crippen LogP contribution >= 0.6 is 11.8 Å². The van der Waals surface area contributed by atoms with Gasteiger partial charge in [-0.15, -0.1) is 10.2 Å². The fraction of sp³-hybridized carbons (Fsp3) is 0.375. The van der Waals surface area contributed by atoms with Crippen LogP contribution in [0.25, 0.3) is 11.4 Å². The van der Waals surface area contributed by atoms with Crippen molar-refractivity contribution in [3.8, 4) is 11.4 Å². The summed E-state index contributed by atoms with van der Waals surface area (Å²) in [6.07, 6.45) is 0. The van der Waals surface area contributed by atoms with Crippen LogP contribution < -0.4 is 5.84 Å². The number of nitrogens with zero attached hydrogens (tertiary/aromatic N) is 4. The number of nitrogen functional groups attached to an aromatic ring is 1. The van der Waals surface area contributed by atoms with Crippen molar-refractivity contribution >= 4 is 21.8 Å². The van der Waals surface area contributed by atoms with E-state index >= 15 is 0 Å². The van der Waals surface area contributed by atoms with Gasteiger partial charge in [-0.2, -0.15) is 4.31 Å². The van der Waals surface area contributed by atoms with Crippen molar-refractivity contribution in [2.24, 2.45) is 0 Å². The molecule has 1 aromatic heterocycles. The molecular weight excluding hydrogens is 358 g/mol. The van der Waals surface area contributed by atoms with E-state index in [-0.39, 0.29) is 4.90 Å². The smallest absolute Gasteiger partial charge is 0.243 e. The number of thioether (sulfide) groups is 1. The third-order valence-electron chi connectivity index (χ3n) is 3.55. The number of hydrogen-bond donors (Lipinski definition) is 1. The van der Waals surface area contributed by atoms with Crippen molar-refractivity contribution < 1.29 is 8.42 Å². The fourth-order valence-electron chi connectivity index (χ4n) is 2.27. The summed E-state index contributed by atoms with van der Waals surface area (Å²) >= 11 is 1.43. The topological polar surface area (TPSA) is 94.1 Å². The van der Waals surface area contributed by atoms with Crippen molar-refractivity contribution in [3.05, 3.63) is 36.4 Å². The van der Waals surface area contributed by atoms with Crippen molar-refractivity contribution in [1.29, 1.82) is 0 Å². The number of hydrogen-bond acceptors (Lipinski definition) is 6. The molecule has 0 saturated carbocycles. The minimum Gasteiger partial charge on any atom is -0.335 e. The van der Waals surface area contributed by atoms with E-state index in [9.17, 15) is 8.42 Å². The molecule has 7 nitrogen and oxygen atoms in total. The summed E-state index contributed by atoms with van der Waals surface area (Å²) in [5.41, 5.74) is 1.60. The minimum atomic E-state index is -3.54. The molecule has 1 aromatic carbocycles. The zero-order valence-electron chi connectivity index (χ0n) is 14.6. The van der Waals surface area contributed by atoms with E-state index in [2.05, 4.69) is 16.8 Å². The second kappa shape index (κ2) is 8.03. The monoisotopic (exact) mass is 381 g/mol. The molecule has 0 bridgehead atoms. The van der Waals surface area contributed by atoms with Gasteiger partial charge in [0.1, 0.15) is 0 Å². The average molecular weight is 382 g/mol. The van der Waals surface area contributed by atoms with Crippen LogP contribution in [0.2, 0.25) is 0 Å². The Labute approximate surface area is 152 Å². The van der Waals surface area contributed by atoms with Crippen molar-refractivity contribution in [2.45, 2.75) is 30.8 Å². The predicted molar refractivity (Wildman–Crippen MR) is 101 cm³/mol. The van der Waals surface area contributed by atoms with E-state index in [1.807, 2.05) is 20.8 Å². The number of benzene rings is 1. The summed E-state index contributed by atoms with van der Waals surface area (Å²) in [4.78, 5) is 0.216. The highest BCUT2D eigenvalue weighted by atomic mass is 32.2. The van der Waals surface area contributed by atoms with E-state index < -0.39 is 10.0 Å².